The van der Waals surface area contributed by atoms with E-state index in [4.69, 9.17) is 23.2 Å². The number of hydrogen-bond donors (Lipinski definition) is 1. The molecule has 108 valence electrons. The highest BCUT2D eigenvalue weighted by atomic mass is 35.5. The van der Waals surface area contributed by atoms with E-state index in [-0.39, 0.29) is 11.9 Å². The van der Waals surface area contributed by atoms with Gasteiger partial charge in [-0.1, -0.05) is 35.3 Å². The van der Waals surface area contributed by atoms with Gasteiger partial charge in [-0.3, -0.25) is 4.79 Å². The summed E-state index contributed by atoms with van der Waals surface area (Å²) < 4.78 is 0. The van der Waals surface area contributed by atoms with E-state index in [1.165, 1.54) is 0 Å². The number of hydrogen-bond acceptors (Lipinski definition) is 2. The molecular weight excluding hydrogens is 295 g/mol. The first kappa shape index (κ1) is 15.4. The summed E-state index contributed by atoms with van der Waals surface area (Å²) in [7, 11) is 0. The highest BCUT2D eigenvalue weighted by Gasteiger charge is 2.29. The van der Waals surface area contributed by atoms with E-state index < -0.39 is 0 Å². The van der Waals surface area contributed by atoms with E-state index in [1.807, 2.05) is 17.0 Å². The smallest absolute Gasteiger partial charge is 0.237 e. The second kappa shape index (κ2) is 7.11. The summed E-state index contributed by atoms with van der Waals surface area (Å²) in [6.07, 6.45) is 3.72. The van der Waals surface area contributed by atoms with E-state index in [2.05, 4.69) is 11.9 Å². The third kappa shape index (κ3) is 3.54. The Bertz CT molecular complexity index is 505. The zero-order chi connectivity index (χ0) is 14.5. The van der Waals surface area contributed by atoms with Crippen LogP contribution in [-0.2, 0) is 4.79 Å². The minimum Gasteiger partial charge on any atom is -0.335 e. The molecule has 0 aliphatic carbocycles. The van der Waals surface area contributed by atoms with Crippen molar-refractivity contribution in [1.82, 2.24) is 10.2 Å². The van der Waals surface area contributed by atoms with Gasteiger partial charge in [0.25, 0.3) is 0 Å². The second-order valence-corrected chi connectivity index (χ2v) is 5.65. The van der Waals surface area contributed by atoms with Crippen LogP contribution in [0, 0.1) is 0 Å². The molecule has 20 heavy (non-hydrogen) atoms. The van der Waals surface area contributed by atoms with E-state index in [0.29, 0.717) is 23.1 Å². The predicted molar refractivity (Wildman–Crippen MR) is 83.2 cm³/mol. The molecule has 1 aromatic carbocycles. The Balaban J connectivity index is 2.08. The Morgan fingerprint density at radius 2 is 2.25 bits per heavy atom. The lowest BCUT2D eigenvalue weighted by atomic mass is 10.0. The van der Waals surface area contributed by atoms with Gasteiger partial charge in [0, 0.05) is 13.1 Å². The molecule has 1 heterocycles. The number of benzene rings is 1. The summed E-state index contributed by atoms with van der Waals surface area (Å²) in [6.45, 7) is 5.39. The minimum absolute atomic E-state index is 0.0998. The zero-order valence-corrected chi connectivity index (χ0v) is 12.8. The van der Waals surface area contributed by atoms with Crippen LogP contribution in [0.25, 0.3) is 0 Å². The molecule has 1 N–H and O–H groups in total. The van der Waals surface area contributed by atoms with Gasteiger partial charge < -0.3 is 10.2 Å². The number of nitrogens with one attached hydrogen (secondary N) is 1. The molecule has 1 atom stereocenters. The molecule has 0 bridgehead atoms. The molecule has 1 unspecified atom stereocenters. The third-order valence-electron chi connectivity index (χ3n) is 3.47. The monoisotopic (exact) mass is 312 g/mol. The Morgan fingerprint density at radius 3 is 2.95 bits per heavy atom. The van der Waals surface area contributed by atoms with Crippen LogP contribution >= 0.6 is 23.2 Å². The van der Waals surface area contributed by atoms with Crippen LogP contribution in [0.1, 0.15) is 24.4 Å². The van der Waals surface area contributed by atoms with Crippen LogP contribution in [0.15, 0.2) is 30.9 Å². The van der Waals surface area contributed by atoms with Crippen molar-refractivity contribution in [3.63, 3.8) is 0 Å². The van der Waals surface area contributed by atoms with Crippen LogP contribution in [-0.4, -0.2) is 30.4 Å². The summed E-state index contributed by atoms with van der Waals surface area (Å²) in [5, 5.41) is 4.12. The number of halogens is 2. The first-order valence-corrected chi connectivity index (χ1v) is 7.45. The normalized spacial score (nSPS) is 18.3. The van der Waals surface area contributed by atoms with Crippen LogP contribution < -0.4 is 5.32 Å². The minimum atomic E-state index is 0.0998. The molecule has 1 fully saturated rings. The van der Waals surface area contributed by atoms with E-state index in [9.17, 15) is 4.79 Å². The quantitative estimate of drug-likeness (QED) is 0.667. The highest BCUT2D eigenvalue weighted by molar-refractivity contribution is 6.42. The number of nitrogens with zero attached hydrogens (tertiary/aromatic N) is 1. The molecule has 0 aromatic heterocycles. The van der Waals surface area contributed by atoms with Gasteiger partial charge >= 0.3 is 0 Å². The first-order chi connectivity index (χ1) is 9.63. The van der Waals surface area contributed by atoms with Crippen molar-refractivity contribution in [2.45, 2.75) is 18.9 Å². The molecule has 3 nitrogen and oxygen atoms in total. The Labute approximate surface area is 129 Å². The van der Waals surface area contributed by atoms with Gasteiger partial charge in [-0.25, -0.2) is 0 Å². The SMILES string of the molecule is C=CCNCC(=O)N1CCCC1c1ccc(Cl)c(Cl)c1. The first-order valence-electron chi connectivity index (χ1n) is 6.69. The molecule has 1 aliphatic heterocycles. The second-order valence-electron chi connectivity index (χ2n) is 4.84. The maximum Gasteiger partial charge on any atom is 0.237 e. The van der Waals surface area contributed by atoms with Crippen LogP contribution in [0.2, 0.25) is 10.0 Å². The topological polar surface area (TPSA) is 32.3 Å². The molecule has 1 amide bonds. The van der Waals surface area contributed by atoms with E-state index in [1.54, 1.807) is 12.1 Å². The maximum atomic E-state index is 12.2. The number of likely N-dealkylation sites (tertiary alicyclic amines) is 1. The van der Waals surface area contributed by atoms with Gasteiger partial charge in [-0.15, -0.1) is 6.58 Å². The molecule has 0 radical (unpaired) electrons. The van der Waals surface area contributed by atoms with Crippen molar-refractivity contribution in [2.75, 3.05) is 19.6 Å². The van der Waals surface area contributed by atoms with Crippen molar-refractivity contribution in [3.05, 3.63) is 46.5 Å². The van der Waals surface area contributed by atoms with Gasteiger partial charge in [-0.2, -0.15) is 0 Å². The molecule has 0 spiro atoms. The van der Waals surface area contributed by atoms with Crippen LogP contribution in [0.4, 0.5) is 0 Å². The number of carbonyl (C=O) groups excluding carboxylic acids is 1. The maximum absolute atomic E-state index is 12.2. The Morgan fingerprint density at radius 1 is 1.45 bits per heavy atom. The molecule has 2 rings (SSSR count). The van der Waals surface area contributed by atoms with Crippen molar-refractivity contribution in [1.29, 1.82) is 0 Å². The van der Waals surface area contributed by atoms with Crippen LogP contribution in [0.5, 0.6) is 0 Å². The molecule has 1 aliphatic rings. The average Bonchev–Trinajstić information content (AvgIpc) is 2.91. The summed E-state index contributed by atoms with van der Waals surface area (Å²) in [5.74, 6) is 0.112. The lowest BCUT2D eigenvalue weighted by molar-refractivity contribution is -0.131. The van der Waals surface area contributed by atoms with Crippen LogP contribution in [0.3, 0.4) is 0 Å². The average molecular weight is 313 g/mol. The fourth-order valence-corrected chi connectivity index (χ4v) is 2.82. The Hall–Kier alpha value is -1.03. The summed E-state index contributed by atoms with van der Waals surface area (Å²) in [6, 6.07) is 5.69. The Kier molecular flexibility index (Phi) is 5.46. The van der Waals surface area contributed by atoms with Crippen molar-refractivity contribution in [3.8, 4) is 0 Å². The van der Waals surface area contributed by atoms with Gasteiger partial charge in [0.15, 0.2) is 0 Å². The summed E-state index contributed by atoms with van der Waals surface area (Å²) in [4.78, 5) is 14.1. The van der Waals surface area contributed by atoms with Crippen molar-refractivity contribution in [2.24, 2.45) is 0 Å². The third-order valence-corrected chi connectivity index (χ3v) is 4.21. The van der Waals surface area contributed by atoms with Gasteiger partial charge in [0.1, 0.15) is 0 Å². The fourth-order valence-electron chi connectivity index (χ4n) is 2.51. The number of amides is 1. The van der Waals surface area contributed by atoms with Crippen molar-refractivity contribution >= 4 is 29.1 Å². The standard InChI is InChI=1S/C15H18Cl2N2O/c1-2-7-18-10-15(20)19-8-3-4-14(19)11-5-6-12(16)13(17)9-11/h2,5-6,9,14,18H,1,3-4,7-8,10H2. The molecule has 5 heteroatoms. The van der Waals surface area contributed by atoms with E-state index >= 15 is 0 Å². The summed E-state index contributed by atoms with van der Waals surface area (Å²) >= 11 is 12.0. The predicted octanol–water partition coefficient (Wildman–Crippen LogP) is 3.43. The summed E-state index contributed by atoms with van der Waals surface area (Å²) in [5.41, 5.74) is 1.05. The molecule has 1 aromatic rings. The zero-order valence-electron chi connectivity index (χ0n) is 11.2. The fraction of sp³-hybridized carbons (Fsp3) is 0.400. The molecule has 0 saturated carbocycles. The van der Waals surface area contributed by atoms with Gasteiger partial charge in [0.05, 0.1) is 22.6 Å². The number of rotatable bonds is 5. The lowest BCUT2D eigenvalue weighted by Gasteiger charge is -2.25. The highest BCUT2D eigenvalue weighted by Crippen LogP contribution is 2.34. The van der Waals surface area contributed by atoms with Gasteiger partial charge in [-0.05, 0) is 30.5 Å². The lowest BCUT2D eigenvalue weighted by Crippen LogP contribution is -2.37. The van der Waals surface area contributed by atoms with E-state index in [0.717, 1.165) is 24.9 Å². The molecule has 1 saturated heterocycles. The van der Waals surface area contributed by atoms with Gasteiger partial charge in [0.2, 0.25) is 5.91 Å². The molecular formula is C15H18Cl2N2O. The largest absolute Gasteiger partial charge is 0.335 e. The van der Waals surface area contributed by atoms with Crippen molar-refractivity contribution < 1.29 is 4.79 Å². The number of carbonyl (C=O) groups is 1.